The van der Waals surface area contributed by atoms with Gasteiger partial charge in [0.05, 0.1) is 11.0 Å². The van der Waals surface area contributed by atoms with Crippen molar-refractivity contribution in [3.63, 3.8) is 0 Å². The highest BCUT2D eigenvalue weighted by Gasteiger charge is 2.15. The van der Waals surface area contributed by atoms with E-state index in [2.05, 4.69) is 42.2 Å². The molecule has 0 aliphatic carbocycles. The minimum Gasteiger partial charge on any atom is -0.350 e. The van der Waals surface area contributed by atoms with Crippen molar-refractivity contribution in [1.82, 2.24) is 10.3 Å². The number of hydrogen-bond donors (Lipinski definition) is 2. The summed E-state index contributed by atoms with van der Waals surface area (Å²) < 4.78 is 1.84. The molecule has 1 amide bonds. The molecule has 102 valence electrons. The van der Waals surface area contributed by atoms with Crippen LogP contribution in [-0.4, -0.2) is 10.9 Å². The van der Waals surface area contributed by atoms with Gasteiger partial charge in [0.25, 0.3) is 5.91 Å². The van der Waals surface area contributed by atoms with Crippen molar-refractivity contribution in [2.45, 2.75) is 6.54 Å². The topological polar surface area (TPSA) is 44.9 Å². The summed E-state index contributed by atoms with van der Waals surface area (Å²) in [4.78, 5) is 16.5. The third-order valence-corrected chi connectivity index (χ3v) is 5.44. The van der Waals surface area contributed by atoms with Crippen LogP contribution >= 0.6 is 43.2 Å². The SMILES string of the molecule is O=C(NCc1cc(Br)cs1)c1[nH]c2ccccc2c1Br. The fourth-order valence-electron chi connectivity index (χ4n) is 1.97. The first-order valence-electron chi connectivity index (χ1n) is 5.92. The maximum atomic E-state index is 12.2. The Morgan fingerprint density at radius 3 is 2.80 bits per heavy atom. The zero-order chi connectivity index (χ0) is 14.1. The van der Waals surface area contributed by atoms with E-state index in [0.29, 0.717) is 12.2 Å². The second kappa shape index (κ2) is 5.71. The molecule has 3 aromatic rings. The highest BCUT2D eigenvalue weighted by atomic mass is 79.9. The maximum absolute atomic E-state index is 12.2. The molecule has 1 aromatic carbocycles. The lowest BCUT2D eigenvalue weighted by Gasteiger charge is -2.02. The average molecular weight is 414 g/mol. The number of aromatic amines is 1. The molecule has 2 aromatic heterocycles. The Labute approximate surface area is 136 Å². The molecule has 0 atom stereocenters. The van der Waals surface area contributed by atoms with Gasteiger partial charge in [-0.25, -0.2) is 0 Å². The summed E-state index contributed by atoms with van der Waals surface area (Å²) in [6.45, 7) is 0.525. The Balaban J connectivity index is 1.80. The lowest BCUT2D eigenvalue weighted by Crippen LogP contribution is -2.22. The van der Waals surface area contributed by atoms with Crippen LogP contribution in [-0.2, 0) is 6.54 Å². The van der Waals surface area contributed by atoms with Gasteiger partial charge >= 0.3 is 0 Å². The average Bonchev–Trinajstić information content (AvgIpc) is 3.01. The molecule has 20 heavy (non-hydrogen) atoms. The quantitative estimate of drug-likeness (QED) is 0.642. The van der Waals surface area contributed by atoms with Crippen LogP contribution in [0, 0.1) is 0 Å². The lowest BCUT2D eigenvalue weighted by molar-refractivity contribution is 0.0946. The van der Waals surface area contributed by atoms with E-state index in [4.69, 9.17) is 0 Å². The van der Waals surface area contributed by atoms with Crippen LogP contribution in [0.2, 0.25) is 0 Å². The van der Waals surface area contributed by atoms with E-state index in [0.717, 1.165) is 24.7 Å². The Bertz CT molecular complexity index is 778. The minimum absolute atomic E-state index is 0.113. The third kappa shape index (κ3) is 2.68. The van der Waals surface area contributed by atoms with Crippen molar-refractivity contribution >= 4 is 60.0 Å². The van der Waals surface area contributed by atoms with Gasteiger partial charge < -0.3 is 10.3 Å². The number of thiophene rings is 1. The molecule has 0 unspecified atom stereocenters. The Kier molecular flexibility index (Phi) is 3.96. The molecule has 0 fully saturated rings. The molecule has 0 bridgehead atoms. The van der Waals surface area contributed by atoms with Gasteiger partial charge in [0.15, 0.2) is 0 Å². The van der Waals surface area contributed by atoms with E-state index in [9.17, 15) is 4.79 Å². The van der Waals surface area contributed by atoms with Crippen LogP contribution in [0.15, 0.2) is 44.7 Å². The summed E-state index contributed by atoms with van der Waals surface area (Å²) in [5.74, 6) is -0.113. The first kappa shape index (κ1) is 13.9. The van der Waals surface area contributed by atoms with E-state index in [1.165, 1.54) is 0 Å². The molecular formula is C14H10Br2N2OS. The van der Waals surface area contributed by atoms with Gasteiger partial charge in [-0.1, -0.05) is 18.2 Å². The number of rotatable bonds is 3. The van der Waals surface area contributed by atoms with Gasteiger partial charge in [-0.05, 0) is 44.0 Å². The number of benzene rings is 1. The number of aromatic nitrogens is 1. The lowest BCUT2D eigenvalue weighted by atomic mass is 10.2. The van der Waals surface area contributed by atoms with E-state index in [1.807, 2.05) is 35.7 Å². The van der Waals surface area contributed by atoms with Crippen LogP contribution in [0.5, 0.6) is 0 Å². The molecule has 0 radical (unpaired) electrons. The van der Waals surface area contributed by atoms with Crippen molar-refractivity contribution in [2.75, 3.05) is 0 Å². The third-order valence-electron chi connectivity index (χ3n) is 2.91. The Hall–Kier alpha value is -1.11. The number of halogens is 2. The normalized spacial score (nSPS) is 10.9. The van der Waals surface area contributed by atoms with Crippen molar-refractivity contribution < 1.29 is 4.79 Å². The number of amides is 1. The Morgan fingerprint density at radius 1 is 1.30 bits per heavy atom. The van der Waals surface area contributed by atoms with Crippen molar-refractivity contribution in [3.8, 4) is 0 Å². The number of hydrogen-bond acceptors (Lipinski definition) is 2. The zero-order valence-corrected chi connectivity index (χ0v) is 14.2. The fourth-order valence-corrected chi connectivity index (χ4v) is 3.98. The number of fused-ring (bicyclic) bond motifs is 1. The van der Waals surface area contributed by atoms with Gasteiger partial charge in [-0.2, -0.15) is 0 Å². The maximum Gasteiger partial charge on any atom is 0.269 e. The second-order valence-corrected chi connectivity index (χ2v) is 6.98. The smallest absolute Gasteiger partial charge is 0.269 e. The van der Waals surface area contributed by atoms with E-state index < -0.39 is 0 Å². The summed E-state index contributed by atoms with van der Waals surface area (Å²) in [5.41, 5.74) is 1.50. The van der Waals surface area contributed by atoms with Crippen LogP contribution in [0.25, 0.3) is 10.9 Å². The summed E-state index contributed by atoms with van der Waals surface area (Å²) >= 11 is 8.50. The number of H-pyrrole nitrogens is 1. The molecule has 6 heteroatoms. The molecule has 0 aliphatic rings. The second-order valence-electron chi connectivity index (χ2n) is 4.27. The molecule has 3 rings (SSSR count). The van der Waals surface area contributed by atoms with E-state index in [-0.39, 0.29) is 5.91 Å². The molecule has 0 saturated carbocycles. The summed E-state index contributed by atoms with van der Waals surface area (Å²) in [7, 11) is 0. The van der Waals surface area contributed by atoms with Crippen LogP contribution < -0.4 is 5.32 Å². The molecular weight excluding hydrogens is 404 g/mol. The van der Waals surface area contributed by atoms with Crippen LogP contribution in [0.4, 0.5) is 0 Å². The zero-order valence-electron chi connectivity index (χ0n) is 10.2. The van der Waals surface area contributed by atoms with Crippen molar-refractivity contribution in [3.05, 3.63) is 55.2 Å². The standard InChI is InChI=1S/C14H10Br2N2OS/c15-8-5-9(20-7-8)6-17-14(19)13-12(16)10-3-1-2-4-11(10)18-13/h1-5,7,18H,6H2,(H,17,19). The molecule has 3 nitrogen and oxygen atoms in total. The summed E-state index contributed by atoms with van der Waals surface area (Å²) in [6, 6.07) is 9.82. The van der Waals surface area contributed by atoms with Gasteiger partial charge in [-0.15, -0.1) is 11.3 Å². The highest BCUT2D eigenvalue weighted by molar-refractivity contribution is 9.11. The largest absolute Gasteiger partial charge is 0.350 e. The molecule has 2 heterocycles. The number of carbonyl (C=O) groups excluding carboxylic acids is 1. The van der Waals surface area contributed by atoms with E-state index >= 15 is 0 Å². The predicted molar refractivity (Wildman–Crippen MR) is 89.2 cm³/mol. The van der Waals surface area contributed by atoms with Gasteiger partial charge in [0.1, 0.15) is 5.69 Å². The molecule has 2 N–H and O–H groups in total. The van der Waals surface area contributed by atoms with Gasteiger partial charge in [0.2, 0.25) is 0 Å². The Morgan fingerprint density at radius 2 is 2.10 bits per heavy atom. The number of carbonyl (C=O) groups is 1. The number of para-hydroxylation sites is 1. The fraction of sp³-hybridized carbons (Fsp3) is 0.0714. The first-order chi connectivity index (χ1) is 9.65. The summed E-state index contributed by atoms with van der Waals surface area (Å²) in [6.07, 6.45) is 0. The minimum atomic E-state index is -0.113. The van der Waals surface area contributed by atoms with Crippen LogP contribution in [0.3, 0.4) is 0 Å². The number of nitrogens with one attached hydrogen (secondary N) is 2. The van der Waals surface area contributed by atoms with E-state index in [1.54, 1.807) is 11.3 Å². The monoisotopic (exact) mass is 412 g/mol. The van der Waals surface area contributed by atoms with Gasteiger partial charge in [0, 0.05) is 25.6 Å². The molecule has 0 aliphatic heterocycles. The first-order valence-corrected chi connectivity index (χ1v) is 8.39. The molecule has 0 spiro atoms. The highest BCUT2D eigenvalue weighted by Crippen LogP contribution is 2.27. The van der Waals surface area contributed by atoms with Crippen molar-refractivity contribution in [1.29, 1.82) is 0 Å². The van der Waals surface area contributed by atoms with Crippen molar-refractivity contribution in [2.24, 2.45) is 0 Å². The van der Waals surface area contributed by atoms with Crippen LogP contribution in [0.1, 0.15) is 15.4 Å². The van der Waals surface area contributed by atoms with Gasteiger partial charge in [-0.3, -0.25) is 4.79 Å². The predicted octanol–water partition coefficient (Wildman–Crippen LogP) is 4.68. The molecule has 0 saturated heterocycles. The summed E-state index contributed by atoms with van der Waals surface area (Å²) in [5, 5.41) is 5.93.